The van der Waals surface area contributed by atoms with Crippen molar-refractivity contribution in [1.82, 2.24) is 9.55 Å². The number of nitrogens with zero attached hydrogens (tertiary/aromatic N) is 3. The van der Waals surface area contributed by atoms with Crippen LogP contribution < -0.4 is 0 Å². The largest absolute Gasteiger partial charge is 0.465 e. The van der Waals surface area contributed by atoms with Gasteiger partial charge in [0, 0.05) is 18.5 Å². The highest BCUT2D eigenvalue weighted by molar-refractivity contribution is 5.91. The summed E-state index contributed by atoms with van der Waals surface area (Å²) in [4.78, 5) is 38.5. The highest BCUT2D eigenvalue weighted by Gasteiger charge is 2.26. The Morgan fingerprint density at radius 2 is 2.00 bits per heavy atom. The lowest BCUT2D eigenvalue weighted by molar-refractivity contribution is -0.384. The maximum Gasteiger partial charge on any atom is 0.419 e. The fourth-order valence-corrected chi connectivity index (χ4v) is 2.06. The summed E-state index contributed by atoms with van der Waals surface area (Å²) < 4.78 is 10.9. The molecule has 0 radical (unpaired) electrons. The molecule has 0 aliphatic carbocycles. The zero-order valence-corrected chi connectivity index (χ0v) is 14.2. The van der Waals surface area contributed by atoms with Crippen LogP contribution in [-0.2, 0) is 9.47 Å². The number of ether oxygens (including phenoxy) is 2. The lowest BCUT2D eigenvalue weighted by atomic mass is 10.2. The Labute approximate surface area is 143 Å². The van der Waals surface area contributed by atoms with Gasteiger partial charge in [0.25, 0.3) is 5.69 Å². The average Bonchev–Trinajstić information content (AvgIpc) is 3.01. The van der Waals surface area contributed by atoms with E-state index in [1.54, 1.807) is 26.8 Å². The summed E-state index contributed by atoms with van der Waals surface area (Å²) in [5, 5.41) is 11.4. The third-order valence-corrected chi connectivity index (χ3v) is 3.07. The highest BCUT2D eigenvalue weighted by atomic mass is 16.6. The molecular weight excluding hydrogens is 330 g/mol. The van der Waals surface area contributed by atoms with Crippen LogP contribution in [0.15, 0.2) is 30.6 Å². The van der Waals surface area contributed by atoms with Gasteiger partial charge in [-0.15, -0.1) is 0 Å². The molecule has 9 nitrogen and oxygen atoms in total. The quantitative estimate of drug-likeness (QED) is 0.476. The maximum absolute atomic E-state index is 12.3. The van der Waals surface area contributed by atoms with E-state index in [-0.39, 0.29) is 17.0 Å². The molecular formula is C16H17N3O6. The Hall–Kier alpha value is -3.23. The summed E-state index contributed by atoms with van der Waals surface area (Å²) in [5.41, 5.74) is -1.10. The van der Waals surface area contributed by atoms with Crippen LogP contribution in [0.2, 0.25) is 0 Å². The van der Waals surface area contributed by atoms with Crippen LogP contribution in [0.4, 0.5) is 10.5 Å². The Balaban J connectivity index is 2.53. The van der Waals surface area contributed by atoms with Crippen molar-refractivity contribution >= 4 is 17.7 Å². The average molecular weight is 347 g/mol. The number of carbonyl (C=O) groups excluding carboxylic acids is 2. The van der Waals surface area contributed by atoms with Crippen molar-refractivity contribution in [2.24, 2.45) is 0 Å². The predicted octanol–water partition coefficient (Wildman–Crippen LogP) is 3.03. The monoisotopic (exact) mass is 347 g/mol. The van der Waals surface area contributed by atoms with Crippen molar-refractivity contribution in [3.8, 4) is 11.4 Å². The Kier molecular flexibility index (Phi) is 4.87. The summed E-state index contributed by atoms with van der Waals surface area (Å²) in [5.74, 6) is -0.746. The Bertz CT molecular complexity index is 835. The first-order chi connectivity index (χ1) is 11.6. The van der Waals surface area contributed by atoms with Crippen LogP contribution in [0.1, 0.15) is 31.1 Å². The third kappa shape index (κ3) is 4.00. The number of aromatic nitrogens is 2. The van der Waals surface area contributed by atoms with Gasteiger partial charge in [-0.3, -0.25) is 14.7 Å². The van der Waals surface area contributed by atoms with Crippen LogP contribution in [0, 0.1) is 10.1 Å². The number of rotatable bonds is 3. The first-order valence-electron chi connectivity index (χ1n) is 7.28. The van der Waals surface area contributed by atoms with Gasteiger partial charge in [-0.25, -0.2) is 14.6 Å². The number of esters is 1. The van der Waals surface area contributed by atoms with E-state index < -0.39 is 28.3 Å². The van der Waals surface area contributed by atoms with E-state index in [0.29, 0.717) is 0 Å². The van der Waals surface area contributed by atoms with E-state index in [0.717, 1.165) is 23.9 Å². The van der Waals surface area contributed by atoms with Crippen molar-refractivity contribution < 1.29 is 24.0 Å². The van der Waals surface area contributed by atoms with Gasteiger partial charge in [0.15, 0.2) is 5.69 Å². The molecule has 0 amide bonds. The van der Waals surface area contributed by atoms with Crippen molar-refractivity contribution in [3.63, 3.8) is 0 Å². The van der Waals surface area contributed by atoms with Crippen LogP contribution in [-0.4, -0.2) is 39.2 Å². The predicted molar refractivity (Wildman–Crippen MR) is 87.3 cm³/mol. The smallest absolute Gasteiger partial charge is 0.419 e. The first-order valence-corrected chi connectivity index (χ1v) is 7.28. The fraction of sp³-hybridized carbons (Fsp3) is 0.312. The molecule has 0 N–H and O–H groups in total. The zero-order valence-electron chi connectivity index (χ0n) is 14.2. The zero-order chi connectivity index (χ0) is 18.8. The van der Waals surface area contributed by atoms with E-state index in [9.17, 15) is 19.7 Å². The first kappa shape index (κ1) is 18.1. The number of pyridine rings is 1. The molecule has 9 heteroatoms. The Morgan fingerprint density at radius 1 is 1.32 bits per heavy atom. The molecule has 2 aromatic heterocycles. The summed E-state index contributed by atoms with van der Waals surface area (Å²) >= 11 is 0. The van der Waals surface area contributed by atoms with Gasteiger partial charge in [0.1, 0.15) is 5.60 Å². The molecule has 2 rings (SSSR count). The molecule has 0 spiro atoms. The van der Waals surface area contributed by atoms with Gasteiger partial charge in [0.2, 0.25) is 0 Å². The second kappa shape index (κ2) is 6.71. The second-order valence-electron chi connectivity index (χ2n) is 6.08. The highest BCUT2D eigenvalue weighted by Crippen LogP contribution is 2.29. The lowest BCUT2D eigenvalue weighted by Gasteiger charge is -2.20. The van der Waals surface area contributed by atoms with Crippen LogP contribution in [0.25, 0.3) is 11.4 Å². The van der Waals surface area contributed by atoms with Crippen LogP contribution in [0.3, 0.4) is 0 Å². The minimum absolute atomic E-state index is 0.0616. The number of hydrogen-bond acceptors (Lipinski definition) is 7. The minimum atomic E-state index is -0.746. The minimum Gasteiger partial charge on any atom is -0.465 e. The van der Waals surface area contributed by atoms with E-state index in [1.807, 2.05) is 0 Å². The molecule has 0 aliphatic heterocycles. The molecule has 0 fully saturated rings. The molecule has 2 heterocycles. The van der Waals surface area contributed by atoms with Crippen molar-refractivity contribution in [3.05, 3.63) is 46.3 Å². The molecule has 0 atom stereocenters. The molecule has 0 saturated carbocycles. The molecule has 25 heavy (non-hydrogen) atoms. The van der Waals surface area contributed by atoms with E-state index >= 15 is 0 Å². The van der Waals surface area contributed by atoms with Crippen LogP contribution in [0.5, 0.6) is 0 Å². The van der Waals surface area contributed by atoms with Gasteiger partial charge in [-0.2, -0.15) is 0 Å². The van der Waals surface area contributed by atoms with Crippen molar-refractivity contribution in [1.29, 1.82) is 0 Å². The summed E-state index contributed by atoms with van der Waals surface area (Å²) in [7, 11) is 1.16. The lowest BCUT2D eigenvalue weighted by Crippen LogP contribution is -2.27. The number of carbonyl (C=O) groups is 2. The molecule has 2 aromatic rings. The van der Waals surface area contributed by atoms with Gasteiger partial charge in [-0.1, -0.05) is 0 Å². The van der Waals surface area contributed by atoms with E-state index in [1.165, 1.54) is 12.3 Å². The SMILES string of the molecule is COC(=O)c1cnc(-c2cccn2C(=O)OC(C)(C)C)c([N+](=O)[O-])c1. The molecule has 0 bridgehead atoms. The standard InChI is InChI=1S/C16H17N3O6/c1-16(2,3)25-15(21)18-7-5-6-11(18)13-12(19(22)23)8-10(9-17-13)14(20)24-4/h5-9H,1-4H3. The molecule has 0 saturated heterocycles. The number of methoxy groups -OCH3 is 1. The van der Waals surface area contributed by atoms with Crippen LogP contribution >= 0.6 is 0 Å². The van der Waals surface area contributed by atoms with E-state index in [2.05, 4.69) is 9.72 Å². The third-order valence-electron chi connectivity index (χ3n) is 3.07. The van der Waals surface area contributed by atoms with Crippen molar-refractivity contribution in [2.45, 2.75) is 26.4 Å². The van der Waals surface area contributed by atoms with Gasteiger partial charge in [-0.05, 0) is 32.9 Å². The summed E-state index contributed by atoms with van der Waals surface area (Å²) in [6, 6.07) is 4.09. The fourth-order valence-electron chi connectivity index (χ4n) is 2.06. The number of hydrogen-bond donors (Lipinski definition) is 0. The van der Waals surface area contributed by atoms with E-state index in [4.69, 9.17) is 4.74 Å². The normalized spacial score (nSPS) is 11.0. The molecule has 0 aromatic carbocycles. The van der Waals surface area contributed by atoms with Gasteiger partial charge in [0.05, 0.1) is 23.3 Å². The summed E-state index contributed by atoms with van der Waals surface area (Å²) in [6.45, 7) is 5.12. The topological polar surface area (TPSA) is 114 Å². The van der Waals surface area contributed by atoms with Gasteiger partial charge < -0.3 is 9.47 Å². The Morgan fingerprint density at radius 3 is 2.56 bits per heavy atom. The molecule has 0 unspecified atom stereocenters. The van der Waals surface area contributed by atoms with Crippen molar-refractivity contribution in [2.75, 3.05) is 7.11 Å². The molecule has 132 valence electrons. The van der Waals surface area contributed by atoms with Gasteiger partial charge >= 0.3 is 12.1 Å². The number of nitro groups is 1. The molecule has 0 aliphatic rings. The summed E-state index contributed by atoms with van der Waals surface area (Å²) in [6.07, 6.45) is 1.88. The second-order valence-corrected chi connectivity index (χ2v) is 6.08. The maximum atomic E-state index is 12.3.